The van der Waals surface area contributed by atoms with E-state index in [4.69, 9.17) is 27.9 Å². The molecule has 10 heavy (non-hydrogen) atoms. The maximum Gasteiger partial charge on any atom is 0.119 e. The fourth-order valence-corrected chi connectivity index (χ4v) is 2.63. The third kappa shape index (κ3) is 2.50. The zero-order chi connectivity index (χ0) is 7.40. The summed E-state index contributed by atoms with van der Waals surface area (Å²) >= 11 is 13.2. The van der Waals surface area contributed by atoms with Crippen molar-refractivity contribution in [1.82, 2.24) is 0 Å². The Kier molecular flexibility index (Phi) is 4.23. The second-order valence-electron chi connectivity index (χ2n) is 2.10. The monoisotopic (exact) mass is 200 g/mol. The van der Waals surface area contributed by atoms with Gasteiger partial charge in [0.2, 0.25) is 0 Å². The highest BCUT2D eigenvalue weighted by molar-refractivity contribution is 8.00. The van der Waals surface area contributed by atoms with Gasteiger partial charge in [-0.15, -0.1) is 35.0 Å². The van der Waals surface area contributed by atoms with Crippen LogP contribution in [0.25, 0.3) is 0 Å². The van der Waals surface area contributed by atoms with Gasteiger partial charge in [-0.1, -0.05) is 0 Å². The number of halogens is 2. The summed E-state index contributed by atoms with van der Waals surface area (Å²) in [6.07, 6.45) is 1.05. The molecule has 0 saturated carbocycles. The third-order valence-electron chi connectivity index (χ3n) is 1.33. The Labute approximate surface area is 75.4 Å². The number of thioether (sulfide) groups is 1. The molecule has 0 aromatic heterocycles. The molecule has 1 fully saturated rings. The summed E-state index contributed by atoms with van der Waals surface area (Å²) in [4.78, 5) is 0. The molecule has 0 N–H and O–H groups in total. The Bertz CT molecular complexity index is 102. The lowest BCUT2D eigenvalue weighted by molar-refractivity contribution is 0.127. The second-order valence-corrected chi connectivity index (χ2v) is 4.25. The van der Waals surface area contributed by atoms with Crippen molar-refractivity contribution >= 4 is 35.0 Å². The van der Waals surface area contributed by atoms with Crippen molar-refractivity contribution in [1.29, 1.82) is 0 Å². The van der Waals surface area contributed by atoms with E-state index in [0.29, 0.717) is 12.5 Å². The standard InChI is InChI=1S/C6H10Cl2OS/c7-2-3-9-6-5(8)1-4-10-6/h5-6H,1-4H2/t5-,6-/m1/s1. The Morgan fingerprint density at radius 1 is 1.60 bits per heavy atom. The van der Waals surface area contributed by atoms with Crippen LogP contribution in [0.3, 0.4) is 0 Å². The van der Waals surface area contributed by atoms with Gasteiger partial charge in [-0.3, -0.25) is 0 Å². The topological polar surface area (TPSA) is 9.23 Å². The molecule has 1 saturated heterocycles. The van der Waals surface area contributed by atoms with E-state index in [2.05, 4.69) is 0 Å². The molecule has 0 spiro atoms. The molecule has 1 aliphatic rings. The fourth-order valence-electron chi connectivity index (χ4n) is 0.850. The second kappa shape index (κ2) is 4.70. The minimum absolute atomic E-state index is 0.181. The van der Waals surface area contributed by atoms with E-state index < -0.39 is 0 Å². The van der Waals surface area contributed by atoms with Crippen molar-refractivity contribution in [3.8, 4) is 0 Å². The molecule has 1 heterocycles. The van der Waals surface area contributed by atoms with E-state index in [0.717, 1.165) is 12.2 Å². The van der Waals surface area contributed by atoms with Gasteiger partial charge in [0, 0.05) is 5.88 Å². The van der Waals surface area contributed by atoms with E-state index in [1.807, 2.05) is 0 Å². The van der Waals surface area contributed by atoms with Gasteiger partial charge in [-0.2, -0.15) is 0 Å². The predicted octanol–water partition coefficient (Wildman–Crippen LogP) is 2.31. The summed E-state index contributed by atoms with van der Waals surface area (Å²) in [6.45, 7) is 0.614. The number of ether oxygens (including phenoxy) is 1. The van der Waals surface area contributed by atoms with Crippen LogP contribution >= 0.6 is 35.0 Å². The highest BCUT2D eigenvalue weighted by Gasteiger charge is 2.26. The van der Waals surface area contributed by atoms with E-state index in [9.17, 15) is 0 Å². The molecule has 1 nitrogen and oxygen atoms in total. The number of hydrogen-bond donors (Lipinski definition) is 0. The zero-order valence-electron chi connectivity index (χ0n) is 5.56. The molecular formula is C6H10Cl2OS. The smallest absolute Gasteiger partial charge is 0.119 e. The molecule has 2 atom stereocenters. The highest BCUT2D eigenvalue weighted by atomic mass is 35.5. The van der Waals surface area contributed by atoms with Crippen LogP contribution in [0.15, 0.2) is 0 Å². The van der Waals surface area contributed by atoms with Gasteiger partial charge < -0.3 is 4.74 Å². The molecule has 0 amide bonds. The van der Waals surface area contributed by atoms with E-state index in [1.54, 1.807) is 11.8 Å². The largest absolute Gasteiger partial charge is 0.365 e. The number of hydrogen-bond acceptors (Lipinski definition) is 2. The van der Waals surface area contributed by atoms with Crippen LogP contribution in [0.5, 0.6) is 0 Å². The van der Waals surface area contributed by atoms with Crippen LogP contribution in [0.2, 0.25) is 0 Å². The molecule has 0 aliphatic carbocycles. The highest BCUT2D eigenvalue weighted by Crippen LogP contribution is 2.31. The molecule has 4 heteroatoms. The summed E-state index contributed by atoms with van der Waals surface area (Å²) < 4.78 is 5.36. The summed E-state index contributed by atoms with van der Waals surface area (Å²) in [5.41, 5.74) is 0.181. The Balaban J connectivity index is 2.14. The minimum atomic E-state index is 0.181. The maximum absolute atomic E-state index is 5.93. The average molecular weight is 201 g/mol. The van der Waals surface area contributed by atoms with Gasteiger partial charge in [0.05, 0.1) is 12.0 Å². The van der Waals surface area contributed by atoms with Crippen LogP contribution in [-0.4, -0.2) is 29.1 Å². The third-order valence-corrected chi connectivity index (χ3v) is 3.35. The maximum atomic E-state index is 5.93. The number of rotatable bonds is 3. The first-order chi connectivity index (χ1) is 4.84. The first-order valence-electron chi connectivity index (χ1n) is 3.28. The van der Waals surface area contributed by atoms with Crippen LogP contribution in [0.4, 0.5) is 0 Å². The molecule has 0 aromatic carbocycles. The van der Waals surface area contributed by atoms with E-state index >= 15 is 0 Å². The summed E-state index contributed by atoms with van der Waals surface area (Å²) in [6, 6.07) is 0. The molecule has 0 radical (unpaired) electrons. The predicted molar refractivity (Wildman–Crippen MR) is 47.2 cm³/mol. The first kappa shape index (κ1) is 8.98. The summed E-state index contributed by atoms with van der Waals surface area (Å²) in [5, 5.41) is 0.188. The van der Waals surface area contributed by atoms with Crippen molar-refractivity contribution in [2.75, 3.05) is 18.2 Å². The van der Waals surface area contributed by atoms with Crippen molar-refractivity contribution in [3.05, 3.63) is 0 Å². The molecule has 0 unspecified atom stereocenters. The molecule has 0 aromatic rings. The van der Waals surface area contributed by atoms with Gasteiger partial charge in [0.15, 0.2) is 0 Å². The molecular weight excluding hydrogens is 191 g/mol. The van der Waals surface area contributed by atoms with E-state index in [1.165, 1.54) is 0 Å². The lowest BCUT2D eigenvalue weighted by atomic mass is 10.3. The van der Waals surface area contributed by atoms with Gasteiger partial charge in [0.25, 0.3) is 0 Å². The SMILES string of the molecule is ClCCO[C@@H]1SCC[C@H]1Cl. The Hall–Kier alpha value is 0.890. The summed E-state index contributed by atoms with van der Waals surface area (Å²) in [5.74, 6) is 1.67. The lowest BCUT2D eigenvalue weighted by Gasteiger charge is -2.12. The summed E-state index contributed by atoms with van der Waals surface area (Å²) in [7, 11) is 0. The molecule has 0 bridgehead atoms. The van der Waals surface area contributed by atoms with E-state index in [-0.39, 0.29) is 10.8 Å². The first-order valence-corrected chi connectivity index (χ1v) is 5.30. The zero-order valence-corrected chi connectivity index (χ0v) is 7.88. The molecule has 60 valence electrons. The number of alkyl halides is 2. The van der Waals surface area contributed by atoms with Crippen molar-refractivity contribution < 1.29 is 4.74 Å². The van der Waals surface area contributed by atoms with Crippen LogP contribution in [0, 0.1) is 0 Å². The van der Waals surface area contributed by atoms with Crippen LogP contribution in [-0.2, 0) is 4.74 Å². The normalized spacial score (nSPS) is 33.0. The Morgan fingerprint density at radius 3 is 2.90 bits per heavy atom. The lowest BCUT2D eigenvalue weighted by Crippen LogP contribution is -2.16. The van der Waals surface area contributed by atoms with Gasteiger partial charge in [-0.05, 0) is 12.2 Å². The average Bonchev–Trinajstić information content (AvgIpc) is 2.31. The van der Waals surface area contributed by atoms with Crippen molar-refractivity contribution in [2.45, 2.75) is 17.2 Å². The van der Waals surface area contributed by atoms with Crippen molar-refractivity contribution in [2.24, 2.45) is 0 Å². The molecule has 1 rings (SSSR count). The Morgan fingerprint density at radius 2 is 2.40 bits per heavy atom. The quantitative estimate of drug-likeness (QED) is 0.648. The molecule has 1 aliphatic heterocycles. The van der Waals surface area contributed by atoms with Crippen LogP contribution in [0.1, 0.15) is 6.42 Å². The fraction of sp³-hybridized carbons (Fsp3) is 1.00. The van der Waals surface area contributed by atoms with Gasteiger partial charge in [0.1, 0.15) is 5.44 Å². The van der Waals surface area contributed by atoms with Crippen molar-refractivity contribution in [3.63, 3.8) is 0 Å². The minimum Gasteiger partial charge on any atom is -0.365 e. The van der Waals surface area contributed by atoms with Gasteiger partial charge >= 0.3 is 0 Å². The van der Waals surface area contributed by atoms with Crippen LogP contribution < -0.4 is 0 Å². The van der Waals surface area contributed by atoms with Gasteiger partial charge in [-0.25, -0.2) is 0 Å².